The monoisotopic (exact) mass is 208 g/mol. The van der Waals surface area contributed by atoms with Crippen molar-refractivity contribution in [2.45, 2.75) is 41.5 Å². The van der Waals surface area contributed by atoms with Crippen LogP contribution in [0.25, 0.3) is 0 Å². The molecule has 0 spiro atoms. The summed E-state index contributed by atoms with van der Waals surface area (Å²) in [6.45, 7) is 19.6. The Hall–Kier alpha value is -1.04. The Morgan fingerprint density at radius 3 is 1.47 bits per heavy atom. The van der Waals surface area contributed by atoms with Crippen LogP contribution in [0.5, 0.6) is 0 Å². The van der Waals surface area contributed by atoms with E-state index in [4.69, 9.17) is 0 Å². The molecule has 88 valence electrons. The van der Waals surface area contributed by atoms with Gasteiger partial charge in [-0.05, 0) is 25.3 Å². The highest BCUT2D eigenvalue weighted by Crippen LogP contribution is 2.09. The zero-order valence-electron chi connectivity index (χ0n) is 11.4. The van der Waals surface area contributed by atoms with Gasteiger partial charge in [0.2, 0.25) is 0 Å². The third kappa shape index (κ3) is 19.4. The van der Waals surface area contributed by atoms with Crippen LogP contribution in [0.1, 0.15) is 41.5 Å². The summed E-state index contributed by atoms with van der Waals surface area (Å²) >= 11 is 0. The second-order valence-electron chi connectivity index (χ2n) is 2.93. The lowest BCUT2D eigenvalue weighted by molar-refractivity contribution is 0.792. The highest BCUT2D eigenvalue weighted by molar-refractivity contribution is 5.22. The molecule has 0 unspecified atom stereocenters. The Morgan fingerprint density at radius 2 is 1.40 bits per heavy atom. The van der Waals surface area contributed by atoms with E-state index in [-0.39, 0.29) is 0 Å². The van der Waals surface area contributed by atoms with Gasteiger partial charge in [0.05, 0.1) is 0 Å². The molecule has 0 heterocycles. The largest absolute Gasteiger partial charge is 0.0991 e. The van der Waals surface area contributed by atoms with Crippen molar-refractivity contribution < 1.29 is 0 Å². The molecule has 0 saturated carbocycles. The van der Waals surface area contributed by atoms with Crippen molar-refractivity contribution in [1.29, 1.82) is 0 Å². The Bertz CT molecular complexity index is 176. The highest BCUT2D eigenvalue weighted by atomic mass is 14.0. The van der Waals surface area contributed by atoms with Crippen LogP contribution in [-0.4, -0.2) is 0 Å². The van der Waals surface area contributed by atoms with E-state index < -0.39 is 0 Å². The van der Waals surface area contributed by atoms with Crippen LogP contribution in [0.3, 0.4) is 0 Å². The van der Waals surface area contributed by atoms with Crippen molar-refractivity contribution in [2.75, 3.05) is 0 Å². The van der Waals surface area contributed by atoms with Crippen molar-refractivity contribution in [1.82, 2.24) is 0 Å². The smallest absolute Gasteiger partial charge is 0.0219 e. The molecule has 0 fully saturated rings. The van der Waals surface area contributed by atoms with Crippen LogP contribution in [0.4, 0.5) is 0 Å². The summed E-state index contributed by atoms with van der Waals surface area (Å²) in [6, 6.07) is 0. The van der Waals surface area contributed by atoms with Crippen LogP contribution in [-0.2, 0) is 0 Å². The summed E-state index contributed by atoms with van der Waals surface area (Å²) in [4.78, 5) is 0. The molecule has 0 aromatic carbocycles. The molecule has 0 aliphatic carbocycles. The Labute approximate surface area is 97.1 Å². The van der Waals surface area contributed by atoms with Crippen LogP contribution in [0, 0.1) is 5.92 Å². The molecule has 0 bridgehead atoms. The lowest BCUT2D eigenvalue weighted by atomic mass is 10.0. The van der Waals surface area contributed by atoms with Crippen molar-refractivity contribution in [3.63, 3.8) is 0 Å². The minimum Gasteiger partial charge on any atom is -0.0991 e. The molecule has 0 saturated heterocycles. The molecule has 0 heteroatoms. The van der Waals surface area contributed by atoms with Crippen molar-refractivity contribution in [2.24, 2.45) is 5.92 Å². The Balaban J connectivity index is -0.000000202. The van der Waals surface area contributed by atoms with Crippen molar-refractivity contribution in [3.05, 3.63) is 49.1 Å². The lowest BCUT2D eigenvalue weighted by Gasteiger charge is -2.02. The molecular weight excluding hydrogens is 180 g/mol. The molecule has 0 aliphatic rings. The fourth-order valence-corrected chi connectivity index (χ4v) is 0.632. The molecule has 0 rings (SSSR count). The molecule has 0 atom stereocenters. The van der Waals surface area contributed by atoms with Crippen LogP contribution >= 0.6 is 0 Å². The minimum absolute atomic E-state index is 0.556. The van der Waals surface area contributed by atoms with Crippen molar-refractivity contribution >= 4 is 0 Å². The molecular formula is C15H28. The summed E-state index contributed by atoms with van der Waals surface area (Å²) in [5.74, 6) is 0.556. The molecule has 0 amide bonds. The van der Waals surface area contributed by atoms with Crippen LogP contribution in [0.2, 0.25) is 0 Å². The number of rotatable bonds is 3. The second kappa shape index (κ2) is 18.7. The van der Waals surface area contributed by atoms with Gasteiger partial charge in [0.15, 0.2) is 0 Å². The van der Waals surface area contributed by atoms with E-state index in [1.165, 1.54) is 5.57 Å². The number of allylic oxidation sites excluding steroid dienone is 6. The van der Waals surface area contributed by atoms with Gasteiger partial charge in [-0.1, -0.05) is 71.2 Å². The first-order valence-electron chi connectivity index (χ1n) is 5.66. The Kier molecular flexibility index (Phi) is 24.3. The molecule has 0 radical (unpaired) electrons. The first-order chi connectivity index (χ1) is 7.13. The normalized spacial score (nSPS) is 9.93. The molecule has 0 aromatic heterocycles. The standard InChI is InChI=1S/C9H14.C4H8.C2H6/c1-5-7-9(6-2)8(3)4;1-3-4-2;1-2/h5-8H,1-2H2,3-4H3;3-4H,1-2H3;1-2H3/b9-7+;4-3-;. The fraction of sp³-hybridized carbons (Fsp3) is 0.467. The summed E-state index contributed by atoms with van der Waals surface area (Å²) in [5, 5.41) is 0. The van der Waals surface area contributed by atoms with Gasteiger partial charge in [-0.15, -0.1) is 0 Å². The molecule has 15 heavy (non-hydrogen) atoms. The van der Waals surface area contributed by atoms with Crippen LogP contribution in [0.15, 0.2) is 49.1 Å². The number of hydrogen-bond acceptors (Lipinski definition) is 0. The minimum atomic E-state index is 0.556. The zero-order valence-corrected chi connectivity index (χ0v) is 11.4. The maximum Gasteiger partial charge on any atom is -0.0219 e. The van der Waals surface area contributed by atoms with Gasteiger partial charge in [-0.2, -0.15) is 0 Å². The molecule has 0 N–H and O–H groups in total. The molecule has 0 aliphatic heterocycles. The lowest BCUT2D eigenvalue weighted by Crippen LogP contribution is -1.87. The van der Waals surface area contributed by atoms with Gasteiger partial charge in [-0.3, -0.25) is 0 Å². The SMILES string of the molecule is C/C=C\C.C=C/C=C(\C=C)C(C)C.CC. The van der Waals surface area contributed by atoms with E-state index in [2.05, 4.69) is 27.0 Å². The van der Waals surface area contributed by atoms with Gasteiger partial charge < -0.3 is 0 Å². The highest BCUT2D eigenvalue weighted by Gasteiger charge is 1.94. The summed E-state index contributed by atoms with van der Waals surface area (Å²) in [6.07, 6.45) is 9.64. The second-order valence-corrected chi connectivity index (χ2v) is 2.93. The first kappa shape index (κ1) is 19.5. The summed E-state index contributed by atoms with van der Waals surface area (Å²) in [7, 11) is 0. The molecule has 0 nitrogen and oxygen atoms in total. The topological polar surface area (TPSA) is 0 Å². The summed E-state index contributed by atoms with van der Waals surface area (Å²) in [5.41, 5.74) is 1.24. The maximum atomic E-state index is 3.68. The predicted molar refractivity (Wildman–Crippen MR) is 75.2 cm³/mol. The number of hydrogen-bond donors (Lipinski definition) is 0. The molecule has 0 aromatic rings. The Morgan fingerprint density at radius 1 is 1.00 bits per heavy atom. The van der Waals surface area contributed by atoms with E-state index in [1.54, 1.807) is 6.08 Å². The van der Waals surface area contributed by atoms with Crippen LogP contribution < -0.4 is 0 Å². The van der Waals surface area contributed by atoms with E-state index in [0.717, 1.165) is 0 Å². The van der Waals surface area contributed by atoms with E-state index in [9.17, 15) is 0 Å². The average Bonchev–Trinajstić information content (AvgIpc) is 2.28. The third-order valence-electron chi connectivity index (χ3n) is 1.55. The quantitative estimate of drug-likeness (QED) is 0.421. The summed E-state index contributed by atoms with van der Waals surface area (Å²) < 4.78 is 0. The maximum absolute atomic E-state index is 3.68. The predicted octanol–water partition coefficient (Wildman–Crippen LogP) is 5.55. The van der Waals surface area contributed by atoms with Gasteiger partial charge in [0, 0.05) is 0 Å². The van der Waals surface area contributed by atoms with E-state index >= 15 is 0 Å². The van der Waals surface area contributed by atoms with E-state index in [0.29, 0.717) is 5.92 Å². The fourth-order valence-electron chi connectivity index (χ4n) is 0.632. The van der Waals surface area contributed by atoms with Gasteiger partial charge in [0.1, 0.15) is 0 Å². The zero-order chi connectivity index (χ0) is 12.7. The van der Waals surface area contributed by atoms with E-state index in [1.807, 2.05) is 52.0 Å². The third-order valence-corrected chi connectivity index (χ3v) is 1.55. The van der Waals surface area contributed by atoms with Gasteiger partial charge in [-0.25, -0.2) is 0 Å². The first-order valence-corrected chi connectivity index (χ1v) is 5.66. The van der Waals surface area contributed by atoms with Crippen molar-refractivity contribution in [3.8, 4) is 0 Å². The average molecular weight is 208 g/mol. The van der Waals surface area contributed by atoms with Gasteiger partial charge in [0.25, 0.3) is 0 Å². The van der Waals surface area contributed by atoms with Gasteiger partial charge >= 0.3 is 0 Å².